The summed E-state index contributed by atoms with van der Waals surface area (Å²) < 4.78 is 10.6. The summed E-state index contributed by atoms with van der Waals surface area (Å²) >= 11 is 0. The number of benzene rings is 2. The minimum atomic E-state index is 0. The van der Waals surface area contributed by atoms with Gasteiger partial charge >= 0.3 is 0 Å². The van der Waals surface area contributed by atoms with Crippen molar-refractivity contribution in [2.75, 3.05) is 27.3 Å². The Morgan fingerprint density at radius 1 is 1.04 bits per heavy atom. The number of phenols is 1. The van der Waals surface area contributed by atoms with Crippen LogP contribution in [0.2, 0.25) is 0 Å². The summed E-state index contributed by atoms with van der Waals surface area (Å²) in [5.74, 6) is 2.50. The molecule has 0 unspecified atom stereocenters. The maximum Gasteiger partial charge on any atom is 0.191 e. The van der Waals surface area contributed by atoms with Crippen LogP contribution in [0.25, 0.3) is 0 Å². The number of aliphatic imine (C=N–C) groups is 1. The van der Waals surface area contributed by atoms with Crippen LogP contribution in [0.4, 0.5) is 0 Å². The molecular weight excluding hydrogens is 469 g/mol. The first-order chi connectivity index (χ1) is 13.1. The molecule has 0 aromatic heterocycles. The average molecular weight is 499 g/mol. The normalized spacial score (nSPS) is 10.8. The fourth-order valence-corrected chi connectivity index (χ4v) is 2.74. The number of ether oxygens (including phenoxy) is 2. The number of guanidine groups is 1. The second-order valence-electron chi connectivity index (χ2n) is 6.18. The van der Waals surface area contributed by atoms with Crippen molar-refractivity contribution in [2.24, 2.45) is 4.99 Å². The Labute approximate surface area is 184 Å². The predicted molar refractivity (Wildman–Crippen MR) is 124 cm³/mol. The smallest absolute Gasteiger partial charge is 0.191 e. The number of hydrogen-bond donors (Lipinski definition) is 3. The predicted octanol–water partition coefficient (Wildman–Crippen LogP) is 3.63. The summed E-state index contributed by atoms with van der Waals surface area (Å²) in [4.78, 5) is 4.56. The molecule has 0 atom stereocenters. The van der Waals surface area contributed by atoms with Crippen molar-refractivity contribution in [2.45, 2.75) is 26.8 Å². The molecule has 2 aromatic carbocycles. The van der Waals surface area contributed by atoms with Crippen LogP contribution in [-0.2, 0) is 13.0 Å². The molecule has 2 aromatic rings. The first-order valence-electron chi connectivity index (χ1n) is 9.09. The summed E-state index contributed by atoms with van der Waals surface area (Å²) in [5.41, 5.74) is 3.08. The van der Waals surface area contributed by atoms with Crippen molar-refractivity contribution >= 4 is 29.9 Å². The van der Waals surface area contributed by atoms with Gasteiger partial charge in [-0.1, -0.05) is 17.7 Å². The highest BCUT2D eigenvalue weighted by molar-refractivity contribution is 14.0. The van der Waals surface area contributed by atoms with E-state index in [9.17, 15) is 5.11 Å². The van der Waals surface area contributed by atoms with Crippen molar-refractivity contribution in [1.82, 2.24) is 10.6 Å². The maximum atomic E-state index is 10.0. The molecule has 0 aliphatic heterocycles. The molecule has 6 nitrogen and oxygen atoms in total. The lowest BCUT2D eigenvalue weighted by Crippen LogP contribution is -2.38. The van der Waals surface area contributed by atoms with E-state index in [1.807, 2.05) is 19.1 Å². The van der Waals surface area contributed by atoms with Gasteiger partial charge in [0, 0.05) is 18.7 Å². The first-order valence-corrected chi connectivity index (χ1v) is 9.09. The van der Waals surface area contributed by atoms with Crippen LogP contribution in [-0.4, -0.2) is 38.4 Å². The van der Waals surface area contributed by atoms with Crippen LogP contribution in [0.1, 0.15) is 23.6 Å². The highest BCUT2D eigenvalue weighted by Crippen LogP contribution is 2.23. The van der Waals surface area contributed by atoms with Crippen LogP contribution in [0.5, 0.6) is 17.2 Å². The van der Waals surface area contributed by atoms with Gasteiger partial charge in [0.1, 0.15) is 17.2 Å². The molecular formula is C21H30IN3O3. The van der Waals surface area contributed by atoms with Gasteiger partial charge in [-0.15, -0.1) is 24.0 Å². The second-order valence-corrected chi connectivity index (χ2v) is 6.18. The van der Waals surface area contributed by atoms with Gasteiger partial charge in [-0.2, -0.15) is 0 Å². The number of aromatic hydroxyl groups is 1. The zero-order valence-electron chi connectivity index (χ0n) is 16.9. The molecule has 0 fully saturated rings. The highest BCUT2D eigenvalue weighted by atomic mass is 127. The van der Waals surface area contributed by atoms with Gasteiger partial charge in [0.05, 0.1) is 20.8 Å². The number of rotatable bonds is 8. The molecule has 0 amide bonds. The summed E-state index contributed by atoms with van der Waals surface area (Å²) in [6.07, 6.45) is 0.819. The number of aryl methyl sites for hydroxylation is 1. The molecule has 3 N–H and O–H groups in total. The molecule has 0 bridgehead atoms. The number of halogens is 1. The molecule has 0 heterocycles. The summed E-state index contributed by atoms with van der Waals surface area (Å²) in [6, 6.07) is 11.3. The van der Waals surface area contributed by atoms with E-state index < -0.39 is 0 Å². The van der Waals surface area contributed by atoms with E-state index >= 15 is 0 Å². The second kappa shape index (κ2) is 12.3. The summed E-state index contributed by atoms with van der Waals surface area (Å²) in [7, 11) is 3.29. The molecule has 0 saturated heterocycles. The van der Waals surface area contributed by atoms with Crippen molar-refractivity contribution in [3.05, 3.63) is 53.1 Å². The zero-order valence-corrected chi connectivity index (χ0v) is 19.2. The fourth-order valence-electron chi connectivity index (χ4n) is 2.74. The lowest BCUT2D eigenvalue weighted by Gasteiger charge is -2.13. The molecule has 154 valence electrons. The van der Waals surface area contributed by atoms with Gasteiger partial charge < -0.3 is 25.2 Å². The largest absolute Gasteiger partial charge is 0.508 e. The van der Waals surface area contributed by atoms with Crippen LogP contribution in [0.3, 0.4) is 0 Å². The average Bonchev–Trinajstić information content (AvgIpc) is 2.67. The van der Waals surface area contributed by atoms with Crippen LogP contribution >= 0.6 is 24.0 Å². The zero-order chi connectivity index (χ0) is 19.6. The van der Waals surface area contributed by atoms with E-state index in [0.717, 1.165) is 30.8 Å². The van der Waals surface area contributed by atoms with E-state index in [-0.39, 0.29) is 29.7 Å². The van der Waals surface area contributed by atoms with Crippen LogP contribution in [0, 0.1) is 6.92 Å². The molecule has 2 rings (SSSR count). The SMILES string of the molecule is CCNC(=NCc1cc(OC)ccc1O)NCCc1cc(C)ccc1OC.I. The number of methoxy groups -OCH3 is 2. The molecule has 0 saturated carbocycles. The maximum absolute atomic E-state index is 10.0. The van der Waals surface area contributed by atoms with Crippen LogP contribution < -0.4 is 20.1 Å². The summed E-state index contributed by atoms with van der Waals surface area (Å²) in [6.45, 7) is 5.91. The standard InChI is InChI=1S/C21H29N3O3.HI/c1-5-22-21(24-14-17-13-18(26-3)7-8-19(17)25)23-11-10-16-12-15(2)6-9-20(16)27-4;/h6-9,12-13,25H,5,10-11,14H2,1-4H3,(H2,22,23,24);1H. The molecule has 0 spiro atoms. The number of nitrogens with one attached hydrogen (secondary N) is 2. The minimum absolute atomic E-state index is 0. The molecule has 0 aliphatic carbocycles. The summed E-state index contributed by atoms with van der Waals surface area (Å²) in [5, 5.41) is 16.6. The Bertz CT molecular complexity index is 781. The van der Waals surface area contributed by atoms with Gasteiger partial charge in [-0.05, 0) is 50.1 Å². The number of nitrogens with zero attached hydrogens (tertiary/aromatic N) is 1. The van der Waals surface area contributed by atoms with Crippen LogP contribution in [0.15, 0.2) is 41.4 Å². The van der Waals surface area contributed by atoms with Crippen molar-refractivity contribution < 1.29 is 14.6 Å². The first kappa shape index (κ1) is 23.9. The lowest BCUT2D eigenvalue weighted by atomic mass is 10.1. The van der Waals surface area contributed by atoms with Gasteiger partial charge in [0.2, 0.25) is 0 Å². The number of hydrogen-bond acceptors (Lipinski definition) is 4. The third-order valence-corrected chi connectivity index (χ3v) is 4.16. The Balaban J connectivity index is 0.00000392. The van der Waals surface area contributed by atoms with Crippen molar-refractivity contribution in [1.29, 1.82) is 0 Å². The van der Waals surface area contributed by atoms with Gasteiger partial charge in [-0.3, -0.25) is 0 Å². The van der Waals surface area contributed by atoms with E-state index in [2.05, 4.69) is 28.6 Å². The number of phenolic OH excluding ortho intramolecular Hbond substituents is 1. The molecule has 0 radical (unpaired) electrons. The van der Waals surface area contributed by atoms with E-state index in [1.54, 1.807) is 32.4 Å². The van der Waals surface area contributed by atoms with E-state index in [4.69, 9.17) is 9.47 Å². The van der Waals surface area contributed by atoms with Crippen molar-refractivity contribution in [3.63, 3.8) is 0 Å². The lowest BCUT2D eigenvalue weighted by molar-refractivity contribution is 0.409. The molecule has 7 heteroatoms. The van der Waals surface area contributed by atoms with E-state index in [0.29, 0.717) is 23.8 Å². The van der Waals surface area contributed by atoms with Gasteiger partial charge in [0.15, 0.2) is 5.96 Å². The third-order valence-electron chi connectivity index (χ3n) is 4.16. The van der Waals surface area contributed by atoms with E-state index in [1.165, 1.54) is 5.56 Å². The Hall–Kier alpha value is -2.16. The minimum Gasteiger partial charge on any atom is -0.508 e. The fraction of sp³-hybridized carbons (Fsp3) is 0.381. The topological polar surface area (TPSA) is 75.1 Å². The Morgan fingerprint density at radius 3 is 2.50 bits per heavy atom. The van der Waals surface area contributed by atoms with Gasteiger partial charge in [0.25, 0.3) is 0 Å². The van der Waals surface area contributed by atoms with Gasteiger partial charge in [-0.25, -0.2) is 4.99 Å². The Morgan fingerprint density at radius 2 is 1.82 bits per heavy atom. The highest BCUT2D eigenvalue weighted by Gasteiger charge is 2.06. The monoisotopic (exact) mass is 499 g/mol. The van der Waals surface area contributed by atoms with Crippen molar-refractivity contribution in [3.8, 4) is 17.2 Å². The molecule has 0 aliphatic rings. The third kappa shape index (κ3) is 7.10. The Kier molecular flexibility index (Phi) is 10.5. The molecule has 28 heavy (non-hydrogen) atoms. The quantitative estimate of drug-likeness (QED) is 0.294.